The third kappa shape index (κ3) is 4.41. The van der Waals surface area contributed by atoms with Crippen LogP contribution in [0.1, 0.15) is 57.6 Å². The second-order valence-corrected chi connectivity index (χ2v) is 13.2. The molecule has 2 rings (SSSR count). The minimum Gasteiger partial charge on any atom is -0.543 e. The lowest BCUT2D eigenvalue weighted by Crippen LogP contribution is -2.44. The molecule has 0 radical (unpaired) electrons. The highest BCUT2D eigenvalue weighted by molar-refractivity contribution is 6.74. The first-order chi connectivity index (χ1) is 11.0. The standard InChI is InChI=1S/C20H32O3Si/c1-8-22-19(21)13-16-12-17(16)15-9-10-18(14(2)11-15)23-24(6,7)20(3,4)5/h9-11,16-17H,8,12-13H2,1-7H3. The minimum absolute atomic E-state index is 0.0698. The molecule has 0 spiro atoms. The van der Waals surface area contributed by atoms with E-state index >= 15 is 0 Å². The van der Waals surface area contributed by atoms with Crippen LogP contribution in [0.25, 0.3) is 0 Å². The zero-order valence-corrected chi connectivity index (χ0v) is 17.2. The predicted octanol–water partition coefficient (Wildman–Crippen LogP) is 5.44. The van der Waals surface area contributed by atoms with E-state index in [0.29, 0.717) is 24.9 Å². The van der Waals surface area contributed by atoms with E-state index in [4.69, 9.17) is 9.16 Å². The molecule has 24 heavy (non-hydrogen) atoms. The number of carbonyl (C=O) groups excluding carboxylic acids is 1. The molecule has 3 nitrogen and oxygen atoms in total. The van der Waals surface area contributed by atoms with Crippen molar-refractivity contribution in [3.05, 3.63) is 29.3 Å². The molecule has 1 aliphatic rings. The van der Waals surface area contributed by atoms with Gasteiger partial charge < -0.3 is 9.16 Å². The van der Waals surface area contributed by atoms with E-state index in [2.05, 4.69) is 59.0 Å². The van der Waals surface area contributed by atoms with Crippen LogP contribution in [0, 0.1) is 12.8 Å². The SMILES string of the molecule is CCOC(=O)CC1CC1c1ccc(O[Si](C)(C)C(C)(C)C)c(C)c1. The quantitative estimate of drug-likeness (QED) is 0.507. The molecular weight excluding hydrogens is 316 g/mol. The Morgan fingerprint density at radius 2 is 1.96 bits per heavy atom. The largest absolute Gasteiger partial charge is 0.543 e. The second-order valence-electron chi connectivity index (χ2n) is 8.50. The van der Waals surface area contributed by atoms with Crippen LogP contribution in [0.15, 0.2) is 18.2 Å². The molecule has 134 valence electrons. The number of benzene rings is 1. The number of ether oxygens (including phenoxy) is 1. The van der Waals surface area contributed by atoms with Gasteiger partial charge in [0.2, 0.25) is 8.32 Å². The van der Waals surface area contributed by atoms with E-state index in [1.165, 1.54) is 11.1 Å². The summed E-state index contributed by atoms with van der Waals surface area (Å²) >= 11 is 0. The van der Waals surface area contributed by atoms with E-state index in [1.807, 2.05) is 6.92 Å². The van der Waals surface area contributed by atoms with E-state index in [9.17, 15) is 4.79 Å². The van der Waals surface area contributed by atoms with Gasteiger partial charge in [-0.2, -0.15) is 0 Å². The summed E-state index contributed by atoms with van der Waals surface area (Å²) in [6.45, 7) is 15.8. The Hall–Kier alpha value is -1.29. The third-order valence-electron chi connectivity index (χ3n) is 5.46. The summed E-state index contributed by atoms with van der Waals surface area (Å²) in [5.41, 5.74) is 2.52. The van der Waals surface area contributed by atoms with Gasteiger partial charge in [-0.05, 0) is 67.4 Å². The molecule has 0 amide bonds. The van der Waals surface area contributed by atoms with Crippen LogP contribution >= 0.6 is 0 Å². The molecule has 0 heterocycles. The van der Waals surface area contributed by atoms with Crippen molar-refractivity contribution >= 4 is 14.3 Å². The van der Waals surface area contributed by atoms with Crippen molar-refractivity contribution in [3.63, 3.8) is 0 Å². The van der Waals surface area contributed by atoms with Gasteiger partial charge in [0.05, 0.1) is 6.61 Å². The molecule has 1 aromatic rings. The lowest BCUT2D eigenvalue weighted by Gasteiger charge is -2.37. The van der Waals surface area contributed by atoms with Crippen LogP contribution < -0.4 is 4.43 Å². The van der Waals surface area contributed by atoms with Gasteiger partial charge in [-0.3, -0.25) is 4.79 Å². The monoisotopic (exact) mass is 348 g/mol. The molecule has 2 atom stereocenters. The molecular formula is C20H32O3Si. The maximum Gasteiger partial charge on any atom is 0.306 e. The summed E-state index contributed by atoms with van der Waals surface area (Å²) in [7, 11) is -1.81. The number of carbonyl (C=O) groups is 1. The molecule has 1 saturated carbocycles. The van der Waals surface area contributed by atoms with Gasteiger partial charge >= 0.3 is 5.97 Å². The molecule has 1 aromatic carbocycles. The molecule has 0 aliphatic heterocycles. The topological polar surface area (TPSA) is 35.5 Å². The summed E-state index contributed by atoms with van der Waals surface area (Å²) in [6, 6.07) is 6.52. The smallest absolute Gasteiger partial charge is 0.306 e. The fourth-order valence-electron chi connectivity index (χ4n) is 2.76. The summed E-state index contributed by atoms with van der Waals surface area (Å²) < 4.78 is 11.5. The Morgan fingerprint density at radius 3 is 2.50 bits per heavy atom. The van der Waals surface area contributed by atoms with E-state index < -0.39 is 8.32 Å². The van der Waals surface area contributed by atoms with Crippen LogP contribution in [0.4, 0.5) is 0 Å². The van der Waals surface area contributed by atoms with Crippen LogP contribution in [-0.2, 0) is 9.53 Å². The highest BCUT2D eigenvalue weighted by Gasteiger charge is 2.41. The third-order valence-corrected chi connectivity index (χ3v) is 9.80. The lowest BCUT2D eigenvalue weighted by molar-refractivity contribution is -0.143. The van der Waals surface area contributed by atoms with Crippen LogP contribution in [0.5, 0.6) is 5.75 Å². The zero-order chi connectivity index (χ0) is 18.1. The normalized spacial score (nSPS) is 20.6. The maximum atomic E-state index is 11.6. The Balaban J connectivity index is 2.03. The average Bonchev–Trinajstić information content (AvgIpc) is 3.19. The average molecular weight is 349 g/mol. The van der Waals surface area contributed by atoms with Crippen molar-refractivity contribution in [2.24, 2.45) is 5.92 Å². The van der Waals surface area contributed by atoms with Gasteiger partial charge in [-0.1, -0.05) is 32.9 Å². The first-order valence-electron chi connectivity index (χ1n) is 9.00. The van der Waals surface area contributed by atoms with Crippen molar-refractivity contribution in [1.29, 1.82) is 0 Å². The van der Waals surface area contributed by atoms with Crippen molar-refractivity contribution in [1.82, 2.24) is 0 Å². The molecule has 0 saturated heterocycles. The highest BCUT2D eigenvalue weighted by atomic mass is 28.4. The molecule has 1 fully saturated rings. The molecule has 2 unspecified atom stereocenters. The Bertz CT molecular complexity index is 601. The molecule has 0 bridgehead atoms. The number of esters is 1. The predicted molar refractivity (Wildman–Crippen MR) is 101 cm³/mol. The van der Waals surface area contributed by atoms with Gasteiger partial charge in [0, 0.05) is 6.42 Å². The van der Waals surface area contributed by atoms with Crippen molar-refractivity contribution in [3.8, 4) is 5.75 Å². The number of rotatable bonds is 6. The van der Waals surface area contributed by atoms with Crippen LogP contribution in [-0.4, -0.2) is 20.9 Å². The van der Waals surface area contributed by atoms with E-state index in [1.54, 1.807) is 0 Å². The Morgan fingerprint density at radius 1 is 1.29 bits per heavy atom. The van der Waals surface area contributed by atoms with Crippen LogP contribution in [0.3, 0.4) is 0 Å². The first-order valence-corrected chi connectivity index (χ1v) is 11.9. The fourth-order valence-corrected chi connectivity index (χ4v) is 3.85. The molecule has 0 N–H and O–H groups in total. The first kappa shape index (κ1) is 19.0. The summed E-state index contributed by atoms with van der Waals surface area (Å²) in [6.07, 6.45) is 1.63. The Kier molecular flexibility index (Phi) is 5.48. The lowest BCUT2D eigenvalue weighted by atomic mass is 10.0. The van der Waals surface area contributed by atoms with Crippen LogP contribution in [0.2, 0.25) is 18.1 Å². The van der Waals surface area contributed by atoms with Crippen molar-refractivity contribution in [2.75, 3.05) is 6.61 Å². The van der Waals surface area contributed by atoms with Gasteiger partial charge in [0.1, 0.15) is 5.75 Å². The Labute approximate surface area is 147 Å². The molecule has 1 aliphatic carbocycles. The van der Waals surface area contributed by atoms with Crippen molar-refractivity contribution in [2.45, 2.75) is 71.5 Å². The summed E-state index contributed by atoms with van der Waals surface area (Å²) in [5.74, 6) is 1.87. The highest BCUT2D eigenvalue weighted by Crippen LogP contribution is 2.50. The summed E-state index contributed by atoms with van der Waals surface area (Å²) in [4.78, 5) is 11.6. The fraction of sp³-hybridized carbons (Fsp3) is 0.650. The number of aryl methyl sites for hydroxylation is 1. The minimum atomic E-state index is -1.81. The number of hydrogen-bond acceptors (Lipinski definition) is 3. The zero-order valence-electron chi connectivity index (χ0n) is 16.2. The number of hydrogen-bond donors (Lipinski definition) is 0. The van der Waals surface area contributed by atoms with Crippen molar-refractivity contribution < 1.29 is 14.0 Å². The maximum absolute atomic E-state index is 11.6. The van der Waals surface area contributed by atoms with E-state index in [0.717, 1.165) is 12.2 Å². The summed E-state index contributed by atoms with van der Waals surface area (Å²) in [5, 5.41) is 0.194. The van der Waals surface area contributed by atoms with Gasteiger partial charge in [-0.25, -0.2) is 0 Å². The molecule has 4 heteroatoms. The second kappa shape index (κ2) is 6.91. The van der Waals surface area contributed by atoms with E-state index in [-0.39, 0.29) is 11.0 Å². The van der Waals surface area contributed by atoms with Gasteiger partial charge in [0.25, 0.3) is 0 Å². The van der Waals surface area contributed by atoms with Gasteiger partial charge in [0.15, 0.2) is 0 Å². The molecule has 0 aromatic heterocycles. The van der Waals surface area contributed by atoms with Gasteiger partial charge in [-0.15, -0.1) is 0 Å².